The van der Waals surface area contributed by atoms with E-state index in [9.17, 15) is 0 Å². The molecule has 3 heteroatoms. The summed E-state index contributed by atoms with van der Waals surface area (Å²) < 4.78 is 6.60. The fourth-order valence-corrected chi connectivity index (χ4v) is 3.97. The summed E-state index contributed by atoms with van der Waals surface area (Å²) in [6.45, 7) is 0. The SMILES string of the molecule is COc1ccc(N2c3ccccc3CCC2c2ccc(I)cc2)cc1. The van der Waals surface area contributed by atoms with Gasteiger partial charge in [-0.2, -0.15) is 0 Å². The Morgan fingerprint density at radius 1 is 0.920 bits per heavy atom. The van der Waals surface area contributed by atoms with Gasteiger partial charge in [0.2, 0.25) is 0 Å². The average Bonchev–Trinajstić information content (AvgIpc) is 2.68. The molecule has 0 saturated carbocycles. The van der Waals surface area contributed by atoms with Crippen LogP contribution in [0.1, 0.15) is 23.6 Å². The Balaban J connectivity index is 1.81. The molecule has 2 nitrogen and oxygen atoms in total. The lowest BCUT2D eigenvalue weighted by Gasteiger charge is -2.39. The van der Waals surface area contributed by atoms with Crippen molar-refractivity contribution in [2.45, 2.75) is 18.9 Å². The van der Waals surface area contributed by atoms with Crippen LogP contribution in [0.5, 0.6) is 5.75 Å². The topological polar surface area (TPSA) is 12.5 Å². The molecule has 0 spiro atoms. The number of rotatable bonds is 3. The highest BCUT2D eigenvalue weighted by Gasteiger charge is 2.28. The zero-order chi connectivity index (χ0) is 17.2. The van der Waals surface area contributed by atoms with Crippen LogP contribution in [0.15, 0.2) is 72.8 Å². The maximum atomic E-state index is 5.33. The first kappa shape index (κ1) is 16.5. The molecule has 0 aliphatic carbocycles. The minimum atomic E-state index is 0.347. The molecule has 1 aliphatic rings. The van der Waals surface area contributed by atoms with Crippen molar-refractivity contribution in [3.8, 4) is 5.75 Å². The quantitative estimate of drug-likeness (QED) is 0.454. The van der Waals surface area contributed by atoms with E-state index in [1.165, 1.54) is 26.1 Å². The summed E-state index contributed by atoms with van der Waals surface area (Å²) in [6, 6.07) is 26.4. The Bertz CT molecular complexity index is 858. The molecule has 0 fully saturated rings. The number of hydrogen-bond donors (Lipinski definition) is 0. The minimum Gasteiger partial charge on any atom is -0.497 e. The summed E-state index contributed by atoms with van der Waals surface area (Å²) in [5.74, 6) is 0.889. The average molecular weight is 441 g/mol. The molecular weight excluding hydrogens is 421 g/mol. The normalized spacial score (nSPS) is 16.4. The Morgan fingerprint density at radius 3 is 2.36 bits per heavy atom. The van der Waals surface area contributed by atoms with Crippen LogP contribution in [-0.2, 0) is 6.42 Å². The molecule has 1 aliphatic heterocycles. The van der Waals surface area contributed by atoms with Gasteiger partial charge >= 0.3 is 0 Å². The fourth-order valence-electron chi connectivity index (χ4n) is 3.61. The Kier molecular flexibility index (Phi) is 4.66. The molecule has 0 aromatic heterocycles. The van der Waals surface area contributed by atoms with E-state index < -0.39 is 0 Å². The first-order chi connectivity index (χ1) is 12.3. The largest absolute Gasteiger partial charge is 0.497 e. The molecule has 0 N–H and O–H groups in total. The van der Waals surface area contributed by atoms with Crippen molar-refractivity contribution in [1.29, 1.82) is 0 Å². The lowest BCUT2D eigenvalue weighted by atomic mass is 9.90. The number of ether oxygens (including phenoxy) is 1. The maximum absolute atomic E-state index is 5.33. The van der Waals surface area contributed by atoms with Gasteiger partial charge in [0.05, 0.1) is 13.2 Å². The van der Waals surface area contributed by atoms with Gasteiger partial charge in [-0.25, -0.2) is 0 Å². The molecule has 0 amide bonds. The summed E-state index contributed by atoms with van der Waals surface area (Å²) in [7, 11) is 1.71. The first-order valence-electron chi connectivity index (χ1n) is 8.53. The summed E-state index contributed by atoms with van der Waals surface area (Å²) in [5.41, 5.74) is 5.30. The van der Waals surface area contributed by atoms with Gasteiger partial charge in [-0.1, -0.05) is 30.3 Å². The monoisotopic (exact) mass is 441 g/mol. The van der Waals surface area contributed by atoms with Gasteiger partial charge in [-0.05, 0) is 89.0 Å². The summed E-state index contributed by atoms with van der Waals surface area (Å²) in [6.07, 6.45) is 2.23. The molecule has 0 saturated heterocycles. The Hall–Kier alpha value is -2.01. The zero-order valence-electron chi connectivity index (χ0n) is 14.2. The van der Waals surface area contributed by atoms with E-state index in [0.717, 1.165) is 18.6 Å². The van der Waals surface area contributed by atoms with E-state index in [4.69, 9.17) is 4.74 Å². The molecule has 4 rings (SSSR count). The van der Waals surface area contributed by atoms with E-state index in [1.807, 2.05) is 12.1 Å². The number of para-hydroxylation sites is 1. The third kappa shape index (κ3) is 3.25. The van der Waals surface area contributed by atoms with Crippen molar-refractivity contribution in [3.05, 3.63) is 87.5 Å². The van der Waals surface area contributed by atoms with E-state index >= 15 is 0 Å². The summed E-state index contributed by atoms with van der Waals surface area (Å²) in [4.78, 5) is 2.47. The predicted molar refractivity (Wildman–Crippen MR) is 112 cm³/mol. The lowest BCUT2D eigenvalue weighted by Crippen LogP contribution is -2.29. The van der Waals surface area contributed by atoms with E-state index in [0.29, 0.717) is 6.04 Å². The van der Waals surface area contributed by atoms with Crippen LogP contribution < -0.4 is 9.64 Å². The molecule has 0 radical (unpaired) electrons. The smallest absolute Gasteiger partial charge is 0.119 e. The van der Waals surface area contributed by atoms with Crippen LogP contribution in [0.4, 0.5) is 11.4 Å². The van der Waals surface area contributed by atoms with Crippen molar-refractivity contribution in [3.63, 3.8) is 0 Å². The second-order valence-electron chi connectivity index (χ2n) is 6.30. The lowest BCUT2D eigenvalue weighted by molar-refractivity contribution is 0.415. The summed E-state index contributed by atoms with van der Waals surface area (Å²) in [5, 5.41) is 0. The highest BCUT2D eigenvalue weighted by molar-refractivity contribution is 14.1. The number of benzene rings is 3. The molecule has 3 aromatic rings. The zero-order valence-corrected chi connectivity index (χ0v) is 16.3. The molecular formula is C22H20INO. The molecule has 25 heavy (non-hydrogen) atoms. The number of hydrogen-bond acceptors (Lipinski definition) is 2. The van der Waals surface area contributed by atoms with Gasteiger partial charge in [-0.15, -0.1) is 0 Å². The Labute approximate surface area is 162 Å². The van der Waals surface area contributed by atoms with Crippen molar-refractivity contribution < 1.29 is 4.74 Å². The highest BCUT2D eigenvalue weighted by atomic mass is 127. The highest BCUT2D eigenvalue weighted by Crippen LogP contribution is 2.43. The van der Waals surface area contributed by atoms with Crippen LogP contribution in [-0.4, -0.2) is 7.11 Å². The maximum Gasteiger partial charge on any atom is 0.119 e. The third-order valence-corrected chi connectivity index (χ3v) is 5.57. The molecule has 0 bridgehead atoms. The van der Waals surface area contributed by atoms with Crippen molar-refractivity contribution in [1.82, 2.24) is 0 Å². The molecule has 1 heterocycles. The standard InChI is InChI=1S/C22H20INO/c1-25-20-13-11-19(12-14-20)24-21-5-3-2-4-16(21)8-15-22(24)17-6-9-18(23)10-7-17/h2-7,9-14,22H,8,15H2,1H3. The fraction of sp³-hybridized carbons (Fsp3) is 0.182. The van der Waals surface area contributed by atoms with Gasteiger partial charge in [-0.3, -0.25) is 0 Å². The van der Waals surface area contributed by atoms with Gasteiger partial charge in [0.15, 0.2) is 0 Å². The first-order valence-corrected chi connectivity index (χ1v) is 9.61. The van der Waals surface area contributed by atoms with Crippen LogP contribution in [0, 0.1) is 3.57 Å². The second kappa shape index (κ2) is 7.08. The second-order valence-corrected chi connectivity index (χ2v) is 7.55. The predicted octanol–water partition coefficient (Wildman–Crippen LogP) is 6.13. The molecule has 1 atom stereocenters. The van der Waals surface area contributed by atoms with Crippen molar-refractivity contribution in [2.24, 2.45) is 0 Å². The van der Waals surface area contributed by atoms with Crippen molar-refractivity contribution >= 4 is 34.0 Å². The van der Waals surface area contributed by atoms with Crippen LogP contribution in [0.25, 0.3) is 0 Å². The molecule has 1 unspecified atom stereocenters. The Morgan fingerprint density at radius 2 is 1.64 bits per heavy atom. The summed E-state index contributed by atoms with van der Waals surface area (Å²) >= 11 is 2.36. The molecule has 126 valence electrons. The molecule has 3 aromatic carbocycles. The van der Waals surface area contributed by atoms with E-state index in [2.05, 4.69) is 88.2 Å². The number of methoxy groups -OCH3 is 1. The number of anilines is 2. The van der Waals surface area contributed by atoms with Crippen molar-refractivity contribution in [2.75, 3.05) is 12.0 Å². The van der Waals surface area contributed by atoms with Crippen LogP contribution >= 0.6 is 22.6 Å². The number of fused-ring (bicyclic) bond motifs is 1. The minimum absolute atomic E-state index is 0.347. The van der Waals surface area contributed by atoms with Gasteiger partial charge in [0.1, 0.15) is 5.75 Å². The van der Waals surface area contributed by atoms with E-state index in [-0.39, 0.29) is 0 Å². The third-order valence-electron chi connectivity index (χ3n) is 4.86. The number of aryl methyl sites for hydroxylation is 1. The van der Waals surface area contributed by atoms with E-state index in [1.54, 1.807) is 7.11 Å². The number of nitrogens with zero attached hydrogens (tertiary/aromatic N) is 1. The van der Waals surface area contributed by atoms with Gasteiger partial charge in [0, 0.05) is 14.9 Å². The number of halogens is 1. The van der Waals surface area contributed by atoms with Crippen LogP contribution in [0.3, 0.4) is 0 Å². The van der Waals surface area contributed by atoms with Gasteiger partial charge in [0.25, 0.3) is 0 Å². The van der Waals surface area contributed by atoms with Crippen LogP contribution in [0.2, 0.25) is 0 Å². The van der Waals surface area contributed by atoms with Gasteiger partial charge < -0.3 is 9.64 Å².